The number of phenols is 1. The van der Waals surface area contributed by atoms with Crippen LogP contribution in [0.25, 0.3) is 0 Å². The number of nitrogens with two attached hydrogens (primary N) is 1. The van der Waals surface area contributed by atoms with E-state index in [1.165, 1.54) is 0 Å². The van der Waals surface area contributed by atoms with E-state index in [1.807, 2.05) is 32.0 Å². The molecular weight excluding hydrogens is 216 g/mol. The number of phenolic OH excluding ortho intramolecular Hbond substituents is 1. The van der Waals surface area contributed by atoms with E-state index < -0.39 is 0 Å². The van der Waals surface area contributed by atoms with Crippen molar-refractivity contribution in [2.75, 3.05) is 20.6 Å². The Morgan fingerprint density at radius 2 is 2.06 bits per heavy atom. The van der Waals surface area contributed by atoms with Crippen molar-refractivity contribution >= 4 is 5.78 Å². The monoisotopic (exact) mass is 236 g/mol. The van der Waals surface area contributed by atoms with Crippen LogP contribution in [0.5, 0.6) is 5.75 Å². The molecule has 0 bridgehead atoms. The molecule has 0 heterocycles. The molecule has 1 rings (SSSR count). The van der Waals surface area contributed by atoms with E-state index in [2.05, 4.69) is 0 Å². The number of nitrogens with zero attached hydrogens (tertiary/aromatic N) is 1. The Hall–Kier alpha value is -1.39. The summed E-state index contributed by atoms with van der Waals surface area (Å²) in [5, 5.41) is 10.1. The van der Waals surface area contributed by atoms with Crippen LogP contribution < -0.4 is 5.73 Å². The van der Waals surface area contributed by atoms with E-state index in [9.17, 15) is 9.90 Å². The third kappa shape index (κ3) is 3.54. The highest BCUT2D eigenvalue weighted by Crippen LogP contribution is 2.26. The average Bonchev–Trinajstić information content (AvgIpc) is 2.22. The minimum Gasteiger partial charge on any atom is -0.507 e. The van der Waals surface area contributed by atoms with Crippen LogP contribution in [0, 0.1) is 6.92 Å². The molecular formula is C13H20N2O2. The summed E-state index contributed by atoms with van der Waals surface area (Å²) in [5.41, 5.74) is 7.49. The van der Waals surface area contributed by atoms with Crippen LogP contribution >= 0.6 is 0 Å². The highest BCUT2D eigenvalue weighted by molar-refractivity contribution is 5.99. The average molecular weight is 236 g/mol. The van der Waals surface area contributed by atoms with Crippen LogP contribution in [0.15, 0.2) is 12.1 Å². The van der Waals surface area contributed by atoms with E-state index in [0.29, 0.717) is 18.7 Å². The van der Waals surface area contributed by atoms with Gasteiger partial charge in [-0.15, -0.1) is 0 Å². The molecule has 4 heteroatoms. The molecule has 0 unspecified atom stereocenters. The number of ketones is 1. The van der Waals surface area contributed by atoms with Crippen LogP contribution in [0.3, 0.4) is 0 Å². The van der Waals surface area contributed by atoms with Gasteiger partial charge in [0, 0.05) is 18.5 Å². The number of rotatable bonds is 5. The van der Waals surface area contributed by atoms with Gasteiger partial charge in [0.05, 0.1) is 5.56 Å². The maximum atomic E-state index is 11.8. The van der Waals surface area contributed by atoms with E-state index >= 15 is 0 Å². The molecule has 0 fully saturated rings. The second-order valence-electron chi connectivity index (χ2n) is 4.52. The fourth-order valence-electron chi connectivity index (χ4n) is 1.79. The van der Waals surface area contributed by atoms with Gasteiger partial charge in [0.2, 0.25) is 0 Å². The summed E-state index contributed by atoms with van der Waals surface area (Å²) >= 11 is 0. The summed E-state index contributed by atoms with van der Waals surface area (Å²) in [7, 11) is 3.84. The van der Waals surface area contributed by atoms with Gasteiger partial charge in [0.25, 0.3) is 0 Å². The maximum Gasteiger partial charge on any atom is 0.167 e. The lowest BCUT2D eigenvalue weighted by atomic mass is 10.00. The molecule has 17 heavy (non-hydrogen) atoms. The third-order valence-corrected chi connectivity index (χ3v) is 2.49. The van der Waals surface area contributed by atoms with E-state index in [-0.39, 0.29) is 18.0 Å². The smallest absolute Gasteiger partial charge is 0.167 e. The quantitative estimate of drug-likeness (QED) is 0.756. The van der Waals surface area contributed by atoms with Crippen molar-refractivity contribution in [1.82, 2.24) is 4.90 Å². The molecule has 1 aromatic rings. The molecule has 0 saturated heterocycles. The van der Waals surface area contributed by atoms with Crippen molar-refractivity contribution in [2.24, 2.45) is 5.73 Å². The van der Waals surface area contributed by atoms with Crippen molar-refractivity contribution < 1.29 is 9.90 Å². The number of hydrogen-bond acceptors (Lipinski definition) is 4. The van der Waals surface area contributed by atoms with Crippen LogP contribution in [-0.2, 0) is 6.54 Å². The van der Waals surface area contributed by atoms with E-state index in [4.69, 9.17) is 5.73 Å². The molecule has 0 atom stereocenters. The van der Waals surface area contributed by atoms with Gasteiger partial charge in [-0.3, -0.25) is 4.79 Å². The second kappa shape index (κ2) is 5.80. The predicted molar refractivity (Wildman–Crippen MR) is 68.2 cm³/mol. The fraction of sp³-hybridized carbons (Fsp3) is 0.462. The normalized spacial score (nSPS) is 10.9. The molecule has 3 N–H and O–H groups in total. The molecule has 1 aromatic carbocycles. The SMILES string of the molecule is Cc1cc(CN(C)C)c(O)c(C(=O)CCN)c1. The summed E-state index contributed by atoms with van der Waals surface area (Å²) in [5.74, 6) is -0.0172. The number of benzene rings is 1. The summed E-state index contributed by atoms with van der Waals surface area (Å²) in [6.45, 7) is 2.82. The number of carbonyl (C=O) groups is 1. The molecule has 0 aliphatic rings. The number of carbonyl (C=O) groups excluding carboxylic acids is 1. The standard InChI is InChI=1S/C13H20N2O2/c1-9-6-10(8-15(2)3)13(17)11(7-9)12(16)4-5-14/h6-7,17H,4-5,8,14H2,1-3H3. The molecule has 94 valence electrons. The van der Waals surface area contributed by atoms with Gasteiger partial charge in [-0.1, -0.05) is 6.07 Å². The van der Waals surface area contributed by atoms with Gasteiger partial charge in [-0.2, -0.15) is 0 Å². The van der Waals surface area contributed by atoms with Crippen LogP contribution in [0.2, 0.25) is 0 Å². The number of aryl methyl sites for hydroxylation is 1. The number of Topliss-reactive ketones (excluding diaryl/α,β-unsaturated/α-hetero) is 1. The first-order valence-electron chi connectivity index (χ1n) is 5.66. The van der Waals surface area contributed by atoms with Gasteiger partial charge < -0.3 is 15.7 Å². The highest BCUT2D eigenvalue weighted by Gasteiger charge is 2.15. The minimum atomic E-state index is -0.103. The predicted octanol–water partition coefficient (Wildman–Crippen LogP) is 1.29. The number of aromatic hydroxyl groups is 1. The summed E-state index contributed by atoms with van der Waals surface area (Å²) < 4.78 is 0. The fourth-order valence-corrected chi connectivity index (χ4v) is 1.79. The Balaban J connectivity index is 3.13. The zero-order chi connectivity index (χ0) is 13.0. The Morgan fingerprint density at radius 1 is 1.41 bits per heavy atom. The molecule has 0 aliphatic heterocycles. The topological polar surface area (TPSA) is 66.6 Å². The van der Waals surface area contributed by atoms with Gasteiger partial charge in [0.1, 0.15) is 5.75 Å². The molecule has 0 aliphatic carbocycles. The lowest BCUT2D eigenvalue weighted by molar-refractivity contribution is 0.0982. The zero-order valence-electron chi connectivity index (χ0n) is 10.7. The second-order valence-corrected chi connectivity index (χ2v) is 4.52. The van der Waals surface area contributed by atoms with Crippen molar-refractivity contribution in [3.63, 3.8) is 0 Å². The highest BCUT2D eigenvalue weighted by atomic mass is 16.3. The summed E-state index contributed by atoms with van der Waals surface area (Å²) in [4.78, 5) is 13.8. The van der Waals surface area contributed by atoms with Crippen molar-refractivity contribution in [3.05, 3.63) is 28.8 Å². The summed E-state index contributed by atoms with van der Waals surface area (Å²) in [6.07, 6.45) is 0.262. The Bertz CT molecular complexity index is 414. The molecule has 4 nitrogen and oxygen atoms in total. The molecule has 0 radical (unpaired) electrons. The summed E-state index contributed by atoms with van der Waals surface area (Å²) in [6, 6.07) is 3.61. The molecule has 0 spiro atoms. The van der Waals surface area contributed by atoms with Crippen LogP contribution in [-0.4, -0.2) is 36.4 Å². The Kier molecular flexibility index (Phi) is 4.66. The zero-order valence-corrected chi connectivity index (χ0v) is 10.7. The lowest BCUT2D eigenvalue weighted by Gasteiger charge is -2.14. The first-order chi connectivity index (χ1) is 7.95. The first kappa shape index (κ1) is 13.7. The van der Waals surface area contributed by atoms with Crippen LogP contribution in [0.1, 0.15) is 27.9 Å². The number of hydrogen-bond donors (Lipinski definition) is 2. The van der Waals surface area contributed by atoms with Gasteiger partial charge in [-0.25, -0.2) is 0 Å². The minimum absolute atomic E-state index is 0.0859. The van der Waals surface area contributed by atoms with Crippen molar-refractivity contribution in [1.29, 1.82) is 0 Å². The first-order valence-corrected chi connectivity index (χ1v) is 5.66. The van der Waals surface area contributed by atoms with E-state index in [0.717, 1.165) is 11.1 Å². The Labute approximate surface area is 102 Å². The third-order valence-electron chi connectivity index (χ3n) is 2.49. The molecule has 0 aromatic heterocycles. The van der Waals surface area contributed by atoms with Crippen LogP contribution in [0.4, 0.5) is 0 Å². The molecule has 0 amide bonds. The lowest BCUT2D eigenvalue weighted by Crippen LogP contribution is -2.13. The maximum absolute atomic E-state index is 11.8. The molecule has 0 saturated carbocycles. The largest absolute Gasteiger partial charge is 0.507 e. The van der Waals surface area contributed by atoms with Gasteiger partial charge in [0.15, 0.2) is 5.78 Å². The Morgan fingerprint density at radius 3 is 2.59 bits per heavy atom. The van der Waals surface area contributed by atoms with Gasteiger partial charge >= 0.3 is 0 Å². The van der Waals surface area contributed by atoms with Gasteiger partial charge in [-0.05, 0) is 39.2 Å². The van der Waals surface area contributed by atoms with E-state index in [1.54, 1.807) is 6.07 Å². The van der Waals surface area contributed by atoms with Crippen molar-refractivity contribution in [3.8, 4) is 5.75 Å². The van der Waals surface area contributed by atoms with Crippen molar-refractivity contribution in [2.45, 2.75) is 19.9 Å².